The molecule has 0 aromatic carbocycles. The Kier molecular flexibility index (Phi) is 79.8. The summed E-state index contributed by atoms with van der Waals surface area (Å²) in [7, 11) is -9.93. The maximum absolute atomic E-state index is 13.2. The van der Waals surface area contributed by atoms with Crippen LogP contribution in [-0.2, 0) is 65.4 Å². The molecule has 0 amide bonds. The first kappa shape index (κ1) is 107. The molecule has 19 heteroatoms. The standard InChI is InChI=1S/C90H176O17P2/c1-7-10-12-14-16-18-20-22-24-25-26-27-28-29-33-36-40-43-47-54-60-66-72-87(92)100-78-85(106-90(95)75-69-63-57-49-45-41-37-34-31-30-32-35-38-42-46-53-59-65-71-83(6)9-3)80-104-108(96,97)102-76-84(91)77-103-109(98,99)105-81-86(79-101-88(93)73-67-61-55-51-50-52-58-64-70-82(4)5)107-89(94)74-68-62-56-48-44-39-23-21-19-17-15-13-11-8-2/h82-86,91H,7-81H2,1-6H3,(H,96,97)(H,98,99)/t83?,84-,85-,86-/m1/s1. The summed E-state index contributed by atoms with van der Waals surface area (Å²) in [4.78, 5) is 73.3. The average molecular weight is 1590 g/mol. The Morgan fingerprint density at radius 3 is 0.697 bits per heavy atom. The molecule has 17 nitrogen and oxygen atoms in total. The topological polar surface area (TPSA) is 237 Å². The van der Waals surface area contributed by atoms with Crippen LogP contribution in [0.2, 0.25) is 0 Å². The molecule has 3 N–H and O–H groups in total. The number of esters is 4. The summed E-state index contributed by atoms with van der Waals surface area (Å²) in [5.41, 5.74) is 0. The van der Waals surface area contributed by atoms with Crippen molar-refractivity contribution in [2.75, 3.05) is 39.6 Å². The first-order valence-corrected chi connectivity index (χ1v) is 49.5. The maximum atomic E-state index is 13.2. The number of aliphatic hydroxyl groups is 1. The number of unbranched alkanes of at least 4 members (excludes halogenated alkanes) is 58. The normalized spacial score (nSPS) is 14.0. The number of ether oxygens (including phenoxy) is 4. The molecule has 0 aromatic rings. The summed E-state index contributed by atoms with van der Waals surface area (Å²) in [5, 5.41) is 10.7. The van der Waals surface area contributed by atoms with E-state index in [9.17, 15) is 43.2 Å². The lowest BCUT2D eigenvalue weighted by Crippen LogP contribution is -2.30. The highest BCUT2D eigenvalue weighted by molar-refractivity contribution is 7.47. The summed E-state index contributed by atoms with van der Waals surface area (Å²) in [6.07, 6.45) is 75.2. The van der Waals surface area contributed by atoms with Gasteiger partial charge in [-0.05, 0) is 37.5 Å². The predicted molar refractivity (Wildman–Crippen MR) is 451 cm³/mol. The van der Waals surface area contributed by atoms with Crippen LogP contribution in [0.15, 0.2) is 0 Å². The van der Waals surface area contributed by atoms with Gasteiger partial charge in [-0.15, -0.1) is 0 Å². The molecule has 0 radical (unpaired) electrons. The Morgan fingerprint density at radius 2 is 0.468 bits per heavy atom. The van der Waals surface area contributed by atoms with Gasteiger partial charge >= 0.3 is 39.5 Å². The highest BCUT2D eigenvalue weighted by Crippen LogP contribution is 2.45. The number of rotatable bonds is 89. The maximum Gasteiger partial charge on any atom is 0.472 e. The van der Waals surface area contributed by atoms with E-state index in [1.807, 2.05) is 0 Å². The average Bonchev–Trinajstić information content (AvgIpc) is 0.940. The van der Waals surface area contributed by atoms with Crippen LogP contribution in [0.5, 0.6) is 0 Å². The lowest BCUT2D eigenvalue weighted by molar-refractivity contribution is -0.161. The minimum absolute atomic E-state index is 0.108. The Morgan fingerprint density at radius 1 is 0.266 bits per heavy atom. The monoisotopic (exact) mass is 1590 g/mol. The molecule has 0 rings (SSSR count). The van der Waals surface area contributed by atoms with Gasteiger partial charge in [-0.25, -0.2) is 9.13 Å². The van der Waals surface area contributed by atoms with Crippen LogP contribution in [0.25, 0.3) is 0 Å². The van der Waals surface area contributed by atoms with Crippen LogP contribution in [0, 0.1) is 11.8 Å². The number of phosphoric acid groups is 2. The first-order valence-electron chi connectivity index (χ1n) is 46.5. The van der Waals surface area contributed by atoms with E-state index < -0.39 is 97.5 Å². The van der Waals surface area contributed by atoms with Crippen molar-refractivity contribution in [3.63, 3.8) is 0 Å². The van der Waals surface area contributed by atoms with E-state index in [4.69, 9.17) is 37.0 Å². The lowest BCUT2D eigenvalue weighted by atomic mass is 9.99. The fourth-order valence-electron chi connectivity index (χ4n) is 14.1. The number of phosphoric ester groups is 2. The van der Waals surface area contributed by atoms with Crippen LogP contribution in [0.1, 0.15) is 485 Å². The van der Waals surface area contributed by atoms with Gasteiger partial charge in [0.05, 0.1) is 26.4 Å². The smallest absolute Gasteiger partial charge is 0.462 e. The molecular formula is C90H176O17P2. The molecule has 0 heterocycles. The van der Waals surface area contributed by atoms with Crippen LogP contribution in [0.3, 0.4) is 0 Å². The van der Waals surface area contributed by atoms with Crippen molar-refractivity contribution in [3.8, 4) is 0 Å². The highest BCUT2D eigenvalue weighted by atomic mass is 31.2. The predicted octanol–water partition coefficient (Wildman–Crippen LogP) is 27.8. The molecule has 109 heavy (non-hydrogen) atoms. The molecule has 3 unspecified atom stereocenters. The summed E-state index contributed by atoms with van der Waals surface area (Å²) < 4.78 is 69.0. The van der Waals surface area contributed by atoms with Crippen LogP contribution in [-0.4, -0.2) is 96.7 Å². The van der Waals surface area contributed by atoms with E-state index in [2.05, 4.69) is 41.5 Å². The molecule has 0 spiro atoms. The second-order valence-electron chi connectivity index (χ2n) is 33.1. The van der Waals surface area contributed by atoms with Gasteiger partial charge in [0.2, 0.25) is 0 Å². The summed E-state index contributed by atoms with van der Waals surface area (Å²) in [6, 6.07) is 0. The third-order valence-corrected chi connectivity index (χ3v) is 23.5. The zero-order valence-electron chi connectivity index (χ0n) is 71.9. The van der Waals surface area contributed by atoms with Gasteiger partial charge in [-0.1, -0.05) is 433 Å². The number of hydrogen-bond donors (Lipinski definition) is 3. The van der Waals surface area contributed by atoms with Gasteiger partial charge in [0, 0.05) is 25.7 Å². The fraction of sp³-hybridized carbons (Fsp3) is 0.956. The number of hydrogen-bond acceptors (Lipinski definition) is 15. The number of aliphatic hydroxyl groups excluding tert-OH is 1. The van der Waals surface area contributed by atoms with Crippen molar-refractivity contribution in [3.05, 3.63) is 0 Å². The van der Waals surface area contributed by atoms with Crippen molar-refractivity contribution in [1.29, 1.82) is 0 Å². The van der Waals surface area contributed by atoms with Crippen LogP contribution >= 0.6 is 15.6 Å². The first-order chi connectivity index (χ1) is 52.9. The summed E-state index contributed by atoms with van der Waals surface area (Å²) in [6.45, 7) is 9.72. The van der Waals surface area contributed by atoms with Gasteiger partial charge in [-0.3, -0.25) is 37.3 Å². The minimum Gasteiger partial charge on any atom is -0.462 e. The van der Waals surface area contributed by atoms with Gasteiger partial charge in [0.1, 0.15) is 19.3 Å². The third kappa shape index (κ3) is 82.4. The minimum atomic E-state index is -4.97. The van der Waals surface area contributed by atoms with E-state index in [-0.39, 0.29) is 25.7 Å². The SMILES string of the molecule is CCCCCCCCCCCCCCCCCCCCCCCCC(=O)OC[C@H](COP(=O)(O)OC[C@@H](O)COP(=O)(O)OC[C@@H](COC(=O)CCCCCCCCCCC(C)C)OC(=O)CCCCCCCCCCCCCCCC)OC(=O)CCCCCCCCCCCCCCCCCCCCC(C)CC. The zero-order chi connectivity index (χ0) is 79.9. The molecule has 6 atom stereocenters. The van der Waals surface area contributed by atoms with Crippen molar-refractivity contribution < 1.29 is 80.2 Å². The zero-order valence-corrected chi connectivity index (χ0v) is 73.7. The molecule has 0 fully saturated rings. The molecule has 0 aliphatic rings. The Balaban J connectivity index is 5.21. The molecule has 0 bridgehead atoms. The Hall–Kier alpha value is -1.94. The second kappa shape index (κ2) is 81.2. The summed E-state index contributed by atoms with van der Waals surface area (Å²) in [5.74, 6) is -0.501. The third-order valence-electron chi connectivity index (χ3n) is 21.6. The van der Waals surface area contributed by atoms with Crippen molar-refractivity contribution >= 4 is 39.5 Å². The van der Waals surface area contributed by atoms with Crippen molar-refractivity contribution in [1.82, 2.24) is 0 Å². The molecule has 0 aliphatic heterocycles. The van der Waals surface area contributed by atoms with Crippen molar-refractivity contribution in [2.45, 2.75) is 503 Å². The van der Waals surface area contributed by atoms with Crippen molar-refractivity contribution in [2.24, 2.45) is 11.8 Å². The highest BCUT2D eigenvalue weighted by Gasteiger charge is 2.31. The fourth-order valence-corrected chi connectivity index (χ4v) is 15.7. The van der Waals surface area contributed by atoms with E-state index in [0.717, 1.165) is 102 Å². The lowest BCUT2D eigenvalue weighted by Gasteiger charge is -2.21. The van der Waals surface area contributed by atoms with Gasteiger partial charge in [-0.2, -0.15) is 0 Å². The number of carbonyl (C=O) groups excluding carboxylic acids is 4. The number of carbonyl (C=O) groups is 4. The van der Waals surface area contributed by atoms with Gasteiger partial charge in [0.15, 0.2) is 12.2 Å². The van der Waals surface area contributed by atoms with Crippen LogP contribution < -0.4 is 0 Å². The van der Waals surface area contributed by atoms with E-state index in [0.29, 0.717) is 25.7 Å². The second-order valence-corrected chi connectivity index (χ2v) is 36.0. The van der Waals surface area contributed by atoms with Gasteiger partial charge < -0.3 is 33.8 Å². The van der Waals surface area contributed by atoms with Crippen LogP contribution in [0.4, 0.5) is 0 Å². The van der Waals surface area contributed by atoms with E-state index >= 15 is 0 Å². The Labute approximate surface area is 670 Å². The molecular weight excluding hydrogens is 1410 g/mol. The van der Waals surface area contributed by atoms with E-state index in [1.165, 1.54) is 302 Å². The largest absolute Gasteiger partial charge is 0.472 e. The molecule has 0 saturated carbocycles. The molecule has 0 aliphatic carbocycles. The van der Waals surface area contributed by atoms with E-state index in [1.54, 1.807) is 0 Å². The summed E-state index contributed by atoms with van der Waals surface area (Å²) >= 11 is 0. The Bertz CT molecular complexity index is 2080. The molecule has 0 aromatic heterocycles. The molecule has 0 saturated heterocycles. The van der Waals surface area contributed by atoms with Gasteiger partial charge in [0.25, 0.3) is 0 Å². The molecule has 648 valence electrons. The quantitative estimate of drug-likeness (QED) is 0.0222.